The van der Waals surface area contributed by atoms with Crippen molar-refractivity contribution in [2.75, 3.05) is 35.5 Å². The summed E-state index contributed by atoms with van der Waals surface area (Å²) >= 11 is 0. The zero-order chi connectivity index (χ0) is 27.6. The highest BCUT2D eigenvalue weighted by atomic mass is 31.1. The summed E-state index contributed by atoms with van der Waals surface area (Å²) in [5.41, 5.74) is 0. The van der Waals surface area contributed by atoms with Gasteiger partial charge in [-0.3, -0.25) is 0 Å². The molecule has 0 atom stereocenters. The summed E-state index contributed by atoms with van der Waals surface area (Å²) in [6.45, 7) is 6.27. The lowest BCUT2D eigenvalue weighted by Gasteiger charge is -2.33. The number of aromatic nitrogens is 1. The highest BCUT2D eigenvalue weighted by molar-refractivity contribution is 7.74. The molecule has 1 aromatic heterocycles. The molecule has 0 N–H and O–H groups in total. The summed E-state index contributed by atoms with van der Waals surface area (Å²) < 4.78 is 0. The molecule has 0 fully saturated rings. The van der Waals surface area contributed by atoms with Gasteiger partial charge in [-0.05, 0) is 63.0 Å². The molecule has 3 nitrogen and oxygen atoms in total. The Labute approximate surface area is 242 Å². The van der Waals surface area contributed by atoms with Gasteiger partial charge in [0.15, 0.2) is 0 Å². The Hall–Kier alpha value is -3.51. The van der Waals surface area contributed by atoms with Crippen LogP contribution >= 0.6 is 15.8 Å². The fraction of sp³-hybridized carbons (Fsp3) is 0.171. The van der Waals surface area contributed by atoms with Crippen molar-refractivity contribution in [1.82, 2.24) is 4.98 Å². The predicted octanol–water partition coefficient (Wildman–Crippen LogP) is 6.92. The predicted molar refractivity (Wildman–Crippen MR) is 178 cm³/mol. The van der Waals surface area contributed by atoms with E-state index in [2.05, 4.69) is 163 Å². The third-order valence-electron chi connectivity index (χ3n) is 7.03. The second-order valence-electron chi connectivity index (χ2n) is 9.55. The van der Waals surface area contributed by atoms with Gasteiger partial charge in [-0.25, -0.2) is 4.98 Å². The summed E-state index contributed by atoms with van der Waals surface area (Å²) in [6, 6.07) is 50.5. The molecule has 1 heterocycles. The number of pyridine rings is 1. The molecule has 202 valence electrons. The smallest absolute Gasteiger partial charge is 0.131 e. The van der Waals surface area contributed by atoms with E-state index in [0.717, 1.165) is 37.3 Å². The fourth-order valence-corrected chi connectivity index (χ4v) is 9.61. The van der Waals surface area contributed by atoms with E-state index >= 15 is 0 Å². The van der Waals surface area contributed by atoms with Gasteiger partial charge in [0, 0.05) is 25.7 Å². The third-order valence-corrected chi connectivity index (χ3v) is 12.0. The largest absolute Gasteiger partial charge is 0.357 e. The van der Waals surface area contributed by atoms with Gasteiger partial charge in [-0.1, -0.05) is 127 Å². The van der Waals surface area contributed by atoms with Gasteiger partial charge in [0.2, 0.25) is 0 Å². The first-order valence-corrected chi connectivity index (χ1v) is 17.0. The Morgan fingerprint density at radius 3 is 1.07 bits per heavy atom. The molecule has 5 rings (SSSR count). The molecule has 0 radical (unpaired) electrons. The molecule has 0 bridgehead atoms. The second-order valence-corrected chi connectivity index (χ2v) is 13.9. The standard InChI is InChI=1S/C35H37N3P2/c1-3-37(4-2)34-26-17-27-35(36-34)38(28-39(30-18-9-5-10-19-30)31-20-11-6-12-21-31)29-40(32-22-13-7-14-23-32)33-24-15-8-16-25-33/h5-27H,3-4,28-29H2,1-2H3. The zero-order valence-corrected chi connectivity index (χ0v) is 25.1. The molecule has 0 aliphatic rings. The molecular weight excluding hydrogens is 524 g/mol. The SMILES string of the molecule is CCN(CC)c1cccc(N(CP(c2ccccc2)c2ccccc2)CP(c2ccccc2)c2ccccc2)n1. The highest BCUT2D eigenvalue weighted by Gasteiger charge is 2.24. The van der Waals surface area contributed by atoms with E-state index < -0.39 is 15.8 Å². The fourth-order valence-electron chi connectivity index (χ4n) is 4.90. The quantitative estimate of drug-likeness (QED) is 0.154. The van der Waals surface area contributed by atoms with E-state index in [1.807, 2.05) is 0 Å². The Balaban J connectivity index is 1.60. The van der Waals surface area contributed by atoms with Gasteiger partial charge in [0.25, 0.3) is 0 Å². The molecule has 40 heavy (non-hydrogen) atoms. The van der Waals surface area contributed by atoms with Gasteiger partial charge in [0.05, 0.1) is 0 Å². The van der Waals surface area contributed by atoms with Gasteiger partial charge in [-0.2, -0.15) is 0 Å². The minimum atomic E-state index is -0.632. The second kappa shape index (κ2) is 14.2. The van der Waals surface area contributed by atoms with E-state index in [9.17, 15) is 0 Å². The Morgan fingerprint density at radius 1 is 0.425 bits per heavy atom. The number of rotatable bonds is 12. The molecular formula is C35H37N3P2. The number of hydrogen-bond donors (Lipinski definition) is 0. The average molecular weight is 562 g/mol. The molecule has 4 aromatic carbocycles. The topological polar surface area (TPSA) is 19.4 Å². The molecule has 0 saturated carbocycles. The number of anilines is 2. The molecule has 0 aliphatic carbocycles. The normalized spacial score (nSPS) is 11.1. The minimum Gasteiger partial charge on any atom is -0.357 e. The van der Waals surface area contributed by atoms with Crippen molar-refractivity contribution < 1.29 is 0 Å². The van der Waals surface area contributed by atoms with E-state index in [1.165, 1.54) is 21.2 Å². The summed E-state index contributed by atoms with van der Waals surface area (Å²) in [5.74, 6) is 2.09. The Kier molecular flexibility index (Phi) is 9.97. The summed E-state index contributed by atoms with van der Waals surface area (Å²) in [7, 11) is -1.26. The van der Waals surface area contributed by atoms with Crippen LogP contribution in [0.4, 0.5) is 11.6 Å². The number of nitrogens with zero attached hydrogens (tertiary/aromatic N) is 3. The molecule has 0 unspecified atom stereocenters. The van der Waals surface area contributed by atoms with Crippen molar-refractivity contribution in [2.24, 2.45) is 0 Å². The van der Waals surface area contributed by atoms with Crippen molar-refractivity contribution in [3.8, 4) is 0 Å². The van der Waals surface area contributed by atoms with Crippen molar-refractivity contribution in [3.05, 3.63) is 140 Å². The first-order chi connectivity index (χ1) is 19.8. The molecule has 0 spiro atoms. The first-order valence-electron chi connectivity index (χ1n) is 14.0. The van der Waals surface area contributed by atoms with Crippen LogP contribution in [-0.2, 0) is 0 Å². The van der Waals surface area contributed by atoms with E-state index in [1.54, 1.807) is 0 Å². The van der Waals surface area contributed by atoms with E-state index in [4.69, 9.17) is 4.98 Å². The Morgan fingerprint density at radius 2 is 0.750 bits per heavy atom. The van der Waals surface area contributed by atoms with Crippen molar-refractivity contribution in [2.45, 2.75) is 13.8 Å². The van der Waals surface area contributed by atoms with Crippen molar-refractivity contribution >= 4 is 48.7 Å². The third kappa shape index (κ3) is 6.97. The average Bonchev–Trinajstić information content (AvgIpc) is 3.04. The van der Waals surface area contributed by atoms with Crippen LogP contribution < -0.4 is 31.0 Å². The molecule has 5 heteroatoms. The van der Waals surface area contributed by atoms with Crippen LogP contribution in [0.5, 0.6) is 0 Å². The minimum absolute atomic E-state index is 0.632. The molecule has 0 saturated heterocycles. The lowest BCUT2D eigenvalue weighted by Crippen LogP contribution is -2.33. The van der Waals surface area contributed by atoms with Gasteiger partial charge < -0.3 is 9.80 Å². The maximum Gasteiger partial charge on any atom is 0.131 e. The van der Waals surface area contributed by atoms with Crippen LogP contribution in [0.3, 0.4) is 0 Å². The monoisotopic (exact) mass is 561 g/mol. The Bertz CT molecular complexity index is 1270. The van der Waals surface area contributed by atoms with Crippen LogP contribution in [0.25, 0.3) is 0 Å². The maximum absolute atomic E-state index is 5.27. The molecule has 5 aromatic rings. The highest BCUT2D eigenvalue weighted by Crippen LogP contribution is 2.41. The number of benzene rings is 4. The van der Waals surface area contributed by atoms with E-state index in [-0.39, 0.29) is 0 Å². The van der Waals surface area contributed by atoms with Gasteiger partial charge >= 0.3 is 0 Å². The van der Waals surface area contributed by atoms with Crippen molar-refractivity contribution in [3.63, 3.8) is 0 Å². The molecule has 0 aliphatic heterocycles. The van der Waals surface area contributed by atoms with Crippen LogP contribution in [-0.4, -0.2) is 30.6 Å². The van der Waals surface area contributed by atoms with Crippen molar-refractivity contribution in [1.29, 1.82) is 0 Å². The summed E-state index contributed by atoms with van der Waals surface area (Å²) in [4.78, 5) is 10.2. The maximum atomic E-state index is 5.27. The van der Waals surface area contributed by atoms with Crippen LogP contribution in [0.15, 0.2) is 140 Å². The van der Waals surface area contributed by atoms with Crippen LogP contribution in [0, 0.1) is 0 Å². The summed E-state index contributed by atoms with van der Waals surface area (Å²) in [5, 5.41) is 5.55. The van der Waals surface area contributed by atoms with Gasteiger partial charge in [-0.15, -0.1) is 0 Å². The summed E-state index contributed by atoms with van der Waals surface area (Å²) in [6.07, 6.45) is 1.80. The van der Waals surface area contributed by atoms with Crippen LogP contribution in [0.1, 0.15) is 13.8 Å². The number of hydrogen-bond acceptors (Lipinski definition) is 3. The van der Waals surface area contributed by atoms with Gasteiger partial charge in [0.1, 0.15) is 11.6 Å². The first kappa shape index (κ1) is 28.0. The van der Waals surface area contributed by atoms with E-state index in [0.29, 0.717) is 0 Å². The zero-order valence-electron chi connectivity index (χ0n) is 23.3. The molecule has 0 amide bonds. The lowest BCUT2D eigenvalue weighted by atomic mass is 10.4. The van der Waals surface area contributed by atoms with Crippen LogP contribution in [0.2, 0.25) is 0 Å². The lowest BCUT2D eigenvalue weighted by molar-refractivity contribution is 0.842.